The first kappa shape index (κ1) is 11.5. The second kappa shape index (κ2) is 4.14. The van der Waals surface area contributed by atoms with Crippen molar-refractivity contribution in [3.63, 3.8) is 0 Å². The van der Waals surface area contributed by atoms with E-state index in [0.717, 1.165) is 25.0 Å². The Morgan fingerprint density at radius 3 is 2.31 bits per heavy atom. The summed E-state index contributed by atoms with van der Waals surface area (Å²) < 4.78 is 38.9. The van der Waals surface area contributed by atoms with Gasteiger partial charge in [0.1, 0.15) is 5.82 Å². The molecule has 0 aromatic heterocycles. The fourth-order valence-corrected chi connectivity index (χ4v) is 3.16. The summed E-state index contributed by atoms with van der Waals surface area (Å²) in [5.74, 6) is 0.150. The van der Waals surface area contributed by atoms with E-state index in [1.165, 1.54) is 12.1 Å². The molecular formula is C11H14FNO2S. The highest BCUT2D eigenvalue weighted by Gasteiger charge is 2.29. The third kappa shape index (κ3) is 2.41. The lowest BCUT2D eigenvalue weighted by Crippen LogP contribution is -2.43. The van der Waals surface area contributed by atoms with Gasteiger partial charge in [-0.2, -0.15) is 0 Å². The molecule has 1 N–H and O–H groups in total. The van der Waals surface area contributed by atoms with Crippen LogP contribution in [0.25, 0.3) is 0 Å². The van der Waals surface area contributed by atoms with Crippen molar-refractivity contribution < 1.29 is 12.8 Å². The van der Waals surface area contributed by atoms with Crippen LogP contribution in [0.5, 0.6) is 0 Å². The molecule has 1 aromatic carbocycles. The Bertz CT molecular complexity index is 463. The molecule has 0 aliphatic heterocycles. The number of rotatable bonds is 3. The Balaban J connectivity index is 2.10. The average molecular weight is 243 g/mol. The first-order valence-corrected chi connectivity index (χ1v) is 6.73. The SMILES string of the molecule is CC1CC(NS(=O)(=O)c2ccc(F)cc2)C1. The van der Waals surface area contributed by atoms with Crippen molar-refractivity contribution in [2.24, 2.45) is 5.92 Å². The van der Waals surface area contributed by atoms with Crippen LogP contribution in [0.3, 0.4) is 0 Å². The summed E-state index contributed by atoms with van der Waals surface area (Å²) >= 11 is 0. The number of nitrogens with one attached hydrogen (secondary N) is 1. The van der Waals surface area contributed by atoms with Gasteiger partial charge in [0.2, 0.25) is 10.0 Å². The molecule has 5 heteroatoms. The summed E-state index contributed by atoms with van der Waals surface area (Å²) in [5.41, 5.74) is 0. The van der Waals surface area contributed by atoms with Crippen molar-refractivity contribution in [1.82, 2.24) is 4.72 Å². The van der Waals surface area contributed by atoms with E-state index in [1.807, 2.05) is 0 Å². The molecule has 0 saturated heterocycles. The lowest BCUT2D eigenvalue weighted by atomic mass is 9.83. The predicted octanol–water partition coefficient (Wildman–Crippen LogP) is 1.90. The third-order valence-electron chi connectivity index (χ3n) is 2.82. The van der Waals surface area contributed by atoms with Crippen molar-refractivity contribution in [2.75, 3.05) is 0 Å². The van der Waals surface area contributed by atoms with Gasteiger partial charge in [0.15, 0.2) is 0 Å². The van der Waals surface area contributed by atoms with Crippen LogP contribution in [0.1, 0.15) is 19.8 Å². The zero-order valence-electron chi connectivity index (χ0n) is 8.98. The minimum atomic E-state index is -3.48. The van der Waals surface area contributed by atoms with Crippen LogP contribution >= 0.6 is 0 Å². The van der Waals surface area contributed by atoms with Crippen molar-refractivity contribution in [2.45, 2.75) is 30.7 Å². The first-order valence-electron chi connectivity index (χ1n) is 5.25. The Morgan fingerprint density at radius 2 is 1.81 bits per heavy atom. The van der Waals surface area contributed by atoms with E-state index in [9.17, 15) is 12.8 Å². The van der Waals surface area contributed by atoms with Gasteiger partial charge < -0.3 is 0 Å². The summed E-state index contributed by atoms with van der Waals surface area (Å²) in [4.78, 5) is 0.119. The van der Waals surface area contributed by atoms with Gasteiger partial charge in [0.25, 0.3) is 0 Å². The smallest absolute Gasteiger partial charge is 0.208 e. The molecule has 88 valence electrons. The second-order valence-corrected chi connectivity index (χ2v) is 6.06. The summed E-state index contributed by atoms with van der Waals surface area (Å²) in [6, 6.07) is 4.89. The molecule has 0 unspecified atom stereocenters. The van der Waals surface area contributed by atoms with Crippen molar-refractivity contribution in [1.29, 1.82) is 0 Å². The third-order valence-corrected chi connectivity index (χ3v) is 4.36. The summed E-state index contributed by atoms with van der Waals surface area (Å²) in [5, 5.41) is 0. The number of benzene rings is 1. The Morgan fingerprint density at radius 1 is 1.25 bits per heavy atom. The van der Waals surface area contributed by atoms with Gasteiger partial charge in [-0.25, -0.2) is 17.5 Å². The molecule has 1 fully saturated rings. The van der Waals surface area contributed by atoms with E-state index < -0.39 is 15.8 Å². The highest BCUT2D eigenvalue weighted by Crippen LogP contribution is 2.27. The lowest BCUT2D eigenvalue weighted by molar-refractivity contribution is 0.270. The van der Waals surface area contributed by atoms with E-state index in [1.54, 1.807) is 0 Å². The Labute approximate surface area is 94.7 Å². The van der Waals surface area contributed by atoms with E-state index in [2.05, 4.69) is 11.6 Å². The molecule has 2 rings (SSSR count). The lowest BCUT2D eigenvalue weighted by Gasteiger charge is -2.32. The van der Waals surface area contributed by atoms with Crippen molar-refractivity contribution >= 4 is 10.0 Å². The minimum Gasteiger partial charge on any atom is -0.208 e. The number of hydrogen-bond acceptors (Lipinski definition) is 2. The fourth-order valence-electron chi connectivity index (χ4n) is 1.90. The van der Waals surface area contributed by atoms with Gasteiger partial charge in [-0.05, 0) is 43.0 Å². The summed E-state index contributed by atoms with van der Waals surface area (Å²) in [6.45, 7) is 2.09. The molecule has 1 aliphatic rings. The summed E-state index contributed by atoms with van der Waals surface area (Å²) in [6.07, 6.45) is 1.75. The standard InChI is InChI=1S/C11H14FNO2S/c1-8-6-10(7-8)13-16(14,15)11-4-2-9(12)3-5-11/h2-5,8,10,13H,6-7H2,1H3. The molecule has 0 amide bonds. The van der Waals surface area contributed by atoms with Gasteiger partial charge in [-0.1, -0.05) is 6.92 Å². The highest BCUT2D eigenvalue weighted by molar-refractivity contribution is 7.89. The predicted molar refractivity (Wildman–Crippen MR) is 58.9 cm³/mol. The Kier molecular flexibility index (Phi) is 2.99. The van der Waals surface area contributed by atoms with E-state index in [-0.39, 0.29) is 10.9 Å². The zero-order valence-corrected chi connectivity index (χ0v) is 9.80. The van der Waals surface area contributed by atoms with Gasteiger partial charge in [-0.15, -0.1) is 0 Å². The monoisotopic (exact) mass is 243 g/mol. The van der Waals surface area contributed by atoms with Crippen LogP contribution in [-0.2, 0) is 10.0 Å². The maximum atomic E-state index is 12.7. The minimum absolute atomic E-state index is 0.0325. The molecule has 16 heavy (non-hydrogen) atoms. The van der Waals surface area contributed by atoms with Crippen LogP contribution in [0, 0.1) is 11.7 Å². The van der Waals surface area contributed by atoms with Crippen molar-refractivity contribution in [3.8, 4) is 0 Å². The molecule has 0 bridgehead atoms. The molecule has 0 spiro atoms. The second-order valence-electron chi connectivity index (χ2n) is 4.35. The number of halogens is 1. The molecule has 0 heterocycles. The van der Waals surface area contributed by atoms with Crippen molar-refractivity contribution in [3.05, 3.63) is 30.1 Å². The highest BCUT2D eigenvalue weighted by atomic mass is 32.2. The normalized spacial score (nSPS) is 25.1. The largest absolute Gasteiger partial charge is 0.240 e. The quantitative estimate of drug-likeness (QED) is 0.881. The van der Waals surface area contributed by atoms with Gasteiger partial charge in [0, 0.05) is 6.04 Å². The molecule has 1 aliphatic carbocycles. The molecule has 1 aromatic rings. The van der Waals surface area contributed by atoms with E-state index >= 15 is 0 Å². The fraction of sp³-hybridized carbons (Fsp3) is 0.455. The van der Waals surface area contributed by atoms with Crippen LogP contribution < -0.4 is 4.72 Å². The topological polar surface area (TPSA) is 46.2 Å². The van der Waals surface area contributed by atoms with Gasteiger partial charge in [0.05, 0.1) is 4.90 Å². The van der Waals surface area contributed by atoms with E-state index in [0.29, 0.717) is 5.92 Å². The van der Waals surface area contributed by atoms with Crippen LogP contribution in [-0.4, -0.2) is 14.5 Å². The Hall–Kier alpha value is -0.940. The first-order chi connectivity index (χ1) is 7.47. The zero-order chi connectivity index (χ0) is 11.8. The number of hydrogen-bond donors (Lipinski definition) is 1. The molecular weight excluding hydrogens is 229 g/mol. The molecule has 3 nitrogen and oxygen atoms in total. The number of sulfonamides is 1. The maximum absolute atomic E-state index is 12.7. The van der Waals surface area contributed by atoms with Crippen LogP contribution in [0.2, 0.25) is 0 Å². The van der Waals surface area contributed by atoms with Gasteiger partial charge >= 0.3 is 0 Å². The van der Waals surface area contributed by atoms with Crippen LogP contribution in [0.4, 0.5) is 4.39 Å². The van der Waals surface area contributed by atoms with Crippen LogP contribution in [0.15, 0.2) is 29.2 Å². The average Bonchev–Trinajstić information content (AvgIpc) is 2.15. The maximum Gasteiger partial charge on any atom is 0.240 e. The molecule has 1 saturated carbocycles. The molecule has 0 atom stereocenters. The van der Waals surface area contributed by atoms with Gasteiger partial charge in [-0.3, -0.25) is 0 Å². The van der Waals surface area contributed by atoms with E-state index in [4.69, 9.17) is 0 Å². The molecule has 0 radical (unpaired) electrons. The summed E-state index contributed by atoms with van der Waals surface area (Å²) in [7, 11) is -3.48.